The molecule has 0 saturated heterocycles. The first-order valence-corrected chi connectivity index (χ1v) is 3.98. The Labute approximate surface area is 96.3 Å². The average molecular weight is 283 g/mol. The Balaban J connectivity index is 0.00000169. The molecule has 0 aliphatic rings. The molecule has 2 nitrogen and oxygen atoms in total. The van der Waals surface area contributed by atoms with Gasteiger partial charge in [0.15, 0.2) is 5.11 Å². The van der Waals surface area contributed by atoms with Crippen LogP contribution >= 0.6 is 29.2 Å². The normalized spacial score (nSPS) is 9.00. The maximum absolute atomic E-state index is 12.9. The second-order valence-electron chi connectivity index (χ2n) is 2.42. The van der Waals surface area contributed by atoms with E-state index in [9.17, 15) is 8.78 Å². The summed E-state index contributed by atoms with van der Waals surface area (Å²) in [6, 6.07) is 3.66. The van der Waals surface area contributed by atoms with Gasteiger partial charge in [-0.2, -0.15) is 0 Å². The van der Waals surface area contributed by atoms with E-state index in [-0.39, 0.29) is 34.2 Å². The zero-order chi connectivity index (χ0) is 9.84. The van der Waals surface area contributed by atoms with Gasteiger partial charge in [0, 0.05) is 12.1 Å². The van der Waals surface area contributed by atoms with Crippen LogP contribution in [0.25, 0.3) is 0 Å². The van der Waals surface area contributed by atoms with Crippen LogP contribution in [-0.4, -0.2) is 5.11 Å². The summed E-state index contributed by atoms with van der Waals surface area (Å²) in [6.07, 6.45) is 0. The van der Waals surface area contributed by atoms with Gasteiger partial charge in [0.1, 0.15) is 11.6 Å². The lowest BCUT2D eigenvalue weighted by atomic mass is 10.2. The number of hydrogen-bond acceptors (Lipinski definition) is 1. The van der Waals surface area contributed by atoms with E-state index in [1.54, 1.807) is 0 Å². The van der Waals surface area contributed by atoms with Crippen LogP contribution in [-0.2, 0) is 6.54 Å². The molecule has 3 N–H and O–H groups in total. The Kier molecular flexibility index (Phi) is 5.56. The zero-order valence-corrected chi connectivity index (χ0v) is 9.62. The highest BCUT2D eigenvalue weighted by Gasteiger charge is 2.07. The summed E-state index contributed by atoms with van der Waals surface area (Å²) in [5, 5.41) is 2.49. The largest absolute Gasteiger partial charge is 0.376 e. The molecule has 0 radical (unpaired) electrons. The molecule has 0 amide bonds. The van der Waals surface area contributed by atoms with Crippen LogP contribution in [0.1, 0.15) is 5.56 Å². The van der Waals surface area contributed by atoms with Crippen LogP contribution in [0.5, 0.6) is 0 Å². The van der Waals surface area contributed by atoms with Crippen LogP contribution in [0, 0.1) is 11.6 Å². The Hall–Kier alpha value is -0.750. The SMILES string of the molecule is Br.NC(=S)NCc1c(F)cccc1F. The third-order valence-corrected chi connectivity index (χ3v) is 1.65. The molecule has 1 rings (SSSR count). The van der Waals surface area contributed by atoms with Crippen molar-refractivity contribution in [1.29, 1.82) is 0 Å². The summed E-state index contributed by atoms with van der Waals surface area (Å²) in [5.41, 5.74) is 5.06. The fraction of sp³-hybridized carbons (Fsp3) is 0.125. The molecule has 0 saturated carbocycles. The number of rotatable bonds is 2. The van der Waals surface area contributed by atoms with Gasteiger partial charge in [-0.15, -0.1) is 17.0 Å². The minimum atomic E-state index is -0.608. The van der Waals surface area contributed by atoms with Crippen LogP contribution < -0.4 is 11.1 Å². The van der Waals surface area contributed by atoms with Crippen molar-refractivity contribution >= 4 is 34.3 Å². The lowest BCUT2D eigenvalue weighted by Crippen LogP contribution is -2.29. The first-order valence-electron chi connectivity index (χ1n) is 3.57. The lowest BCUT2D eigenvalue weighted by molar-refractivity contribution is 0.551. The van der Waals surface area contributed by atoms with Crippen molar-refractivity contribution in [3.63, 3.8) is 0 Å². The van der Waals surface area contributed by atoms with Crippen molar-refractivity contribution < 1.29 is 8.78 Å². The van der Waals surface area contributed by atoms with Crippen molar-refractivity contribution in [3.8, 4) is 0 Å². The van der Waals surface area contributed by atoms with Gasteiger partial charge in [0.05, 0.1) is 0 Å². The molecule has 0 aromatic heterocycles. The Morgan fingerprint density at radius 2 is 1.86 bits per heavy atom. The van der Waals surface area contributed by atoms with Gasteiger partial charge in [-0.25, -0.2) is 8.78 Å². The molecule has 0 atom stereocenters. The molecular formula is C8H9BrF2N2S. The fourth-order valence-corrected chi connectivity index (χ4v) is 0.949. The number of nitrogens with one attached hydrogen (secondary N) is 1. The van der Waals surface area contributed by atoms with Crippen LogP contribution in [0.15, 0.2) is 18.2 Å². The lowest BCUT2D eigenvalue weighted by Gasteiger charge is -2.05. The number of halogens is 3. The van der Waals surface area contributed by atoms with Gasteiger partial charge in [0.2, 0.25) is 0 Å². The molecule has 14 heavy (non-hydrogen) atoms. The molecule has 1 aromatic rings. The van der Waals surface area contributed by atoms with E-state index in [4.69, 9.17) is 5.73 Å². The highest BCUT2D eigenvalue weighted by molar-refractivity contribution is 8.93. The molecule has 0 heterocycles. The van der Waals surface area contributed by atoms with E-state index in [1.807, 2.05) is 0 Å². The minimum absolute atomic E-state index is 0. The van der Waals surface area contributed by atoms with Crippen molar-refractivity contribution in [1.82, 2.24) is 5.32 Å². The first-order chi connectivity index (χ1) is 6.11. The Morgan fingerprint density at radius 3 is 2.29 bits per heavy atom. The second kappa shape index (κ2) is 5.87. The molecule has 78 valence electrons. The maximum atomic E-state index is 12.9. The van der Waals surface area contributed by atoms with E-state index < -0.39 is 11.6 Å². The standard InChI is InChI=1S/C8H8F2N2S.BrH/c9-6-2-1-3-7(10)5(6)4-12-8(11)13;/h1-3H,4H2,(H3,11,12,13);1H. The highest BCUT2D eigenvalue weighted by Crippen LogP contribution is 2.10. The van der Waals surface area contributed by atoms with E-state index in [1.165, 1.54) is 18.2 Å². The van der Waals surface area contributed by atoms with E-state index in [0.29, 0.717) is 0 Å². The van der Waals surface area contributed by atoms with E-state index in [2.05, 4.69) is 17.5 Å². The van der Waals surface area contributed by atoms with Gasteiger partial charge in [-0.3, -0.25) is 0 Å². The van der Waals surface area contributed by atoms with Gasteiger partial charge >= 0.3 is 0 Å². The Morgan fingerprint density at radius 1 is 1.36 bits per heavy atom. The highest BCUT2D eigenvalue weighted by atomic mass is 79.9. The van der Waals surface area contributed by atoms with Crippen molar-refractivity contribution in [3.05, 3.63) is 35.4 Å². The molecule has 0 fully saturated rings. The van der Waals surface area contributed by atoms with Gasteiger partial charge in [-0.1, -0.05) is 6.07 Å². The fourth-order valence-electron chi connectivity index (χ4n) is 0.877. The molecule has 0 spiro atoms. The van der Waals surface area contributed by atoms with Crippen LogP contribution in [0.2, 0.25) is 0 Å². The third-order valence-electron chi connectivity index (χ3n) is 1.50. The van der Waals surface area contributed by atoms with Gasteiger partial charge in [-0.05, 0) is 24.4 Å². The van der Waals surface area contributed by atoms with E-state index in [0.717, 1.165) is 0 Å². The quantitative estimate of drug-likeness (QED) is 0.814. The summed E-state index contributed by atoms with van der Waals surface area (Å²) < 4.78 is 25.9. The molecule has 0 bridgehead atoms. The summed E-state index contributed by atoms with van der Waals surface area (Å²) in [4.78, 5) is 0. The maximum Gasteiger partial charge on any atom is 0.163 e. The van der Waals surface area contributed by atoms with Crippen molar-refractivity contribution in [2.45, 2.75) is 6.54 Å². The van der Waals surface area contributed by atoms with Gasteiger partial charge in [0.25, 0.3) is 0 Å². The summed E-state index contributed by atoms with van der Waals surface area (Å²) in [5.74, 6) is -1.22. The van der Waals surface area contributed by atoms with Crippen molar-refractivity contribution in [2.24, 2.45) is 5.73 Å². The smallest absolute Gasteiger partial charge is 0.163 e. The predicted molar refractivity (Wildman–Crippen MR) is 60.3 cm³/mol. The second-order valence-corrected chi connectivity index (χ2v) is 2.86. The monoisotopic (exact) mass is 282 g/mol. The number of thiocarbonyl (C=S) groups is 1. The molecule has 1 aromatic carbocycles. The van der Waals surface area contributed by atoms with E-state index >= 15 is 0 Å². The summed E-state index contributed by atoms with van der Waals surface area (Å²) in [6.45, 7) is -0.0339. The van der Waals surface area contributed by atoms with Crippen LogP contribution in [0.4, 0.5) is 8.78 Å². The van der Waals surface area contributed by atoms with Crippen LogP contribution in [0.3, 0.4) is 0 Å². The Bertz CT molecular complexity index is 313. The molecular weight excluding hydrogens is 274 g/mol. The molecule has 0 aliphatic heterocycles. The topological polar surface area (TPSA) is 38.0 Å². The first kappa shape index (κ1) is 13.2. The summed E-state index contributed by atoms with van der Waals surface area (Å²) in [7, 11) is 0. The number of hydrogen-bond donors (Lipinski definition) is 2. The molecule has 0 aliphatic carbocycles. The summed E-state index contributed by atoms with van der Waals surface area (Å²) >= 11 is 4.50. The minimum Gasteiger partial charge on any atom is -0.376 e. The molecule has 6 heteroatoms. The average Bonchev–Trinajstić information content (AvgIpc) is 2.03. The van der Waals surface area contributed by atoms with Crippen molar-refractivity contribution in [2.75, 3.05) is 0 Å². The zero-order valence-electron chi connectivity index (χ0n) is 7.09. The number of benzene rings is 1. The van der Waals surface area contributed by atoms with Gasteiger partial charge < -0.3 is 11.1 Å². The predicted octanol–water partition coefficient (Wildman–Crippen LogP) is 1.88. The number of nitrogens with two attached hydrogens (primary N) is 1. The molecule has 0 unspecified atom stereocenters. The third kappa shape index (κ3) is 3.55.